The van der Waals surface area contributed by atoms with Crippen LogP contribution in [0.15, 0.2) is 24.3 Å². The molecule has 0 aliphatic carbocycles. The molecule has 1 aliphatic rings. The van der Waals surface area contributed by atoms with Gasteiger partial charge in [-0.25, -0.2) is 0 Å². The van der Waals surface area contributed by atoms with Gasteiger partial charge in [-0.2, -0.15) is 0 Å². The lowest BCUT2D eigenvalue weighted by atomic mass is 9.76. The van der Waals surface area contributed by atoms with E-state index in [1.165, 1.54) is 18.4 Å². The summed E-state index contributed by atoms with van der Waals surface area (Å²) in [5, 5.41) is 13.0. The highest BCUT2D eigenvalue weighted by atomic mass is 16.3. The summed E-state index contributed by atoms with van der Waals surface area (Å²) < 4.78 is 0. The monoisotopic (exact) mass is 219 g/mol. The van der Waals surface area contributed by atoms with Crippen LogP contribution in [0.1, 0.15) is 32.3 Å². The zero-order chi connectivity index (χ0) is 11.6. The first-order valence-corrected chi connectivity index (χ1v) is 6.13. The summed E-state index contributed by atoms with van der Waals surface area (Å²) in [6.07, 6.45) is 3.49. The fraction of sp³-hybridized carbons (Fsp3) is 0.571. The van der Waals surface area contributed by atoms with Gasteiger partial charge >= 0.3 is 0 Å². The summed E-state index contributed by atoms with van der Waals surface area (Å²) in [5.74, 6) is 1.08. The first kappa shape index (κ1) is 11.5. The van der Waals surface area contributed by atoms with Crippen LogP contribution in [0.3, 0.4) is 0 Å². The van der Waals surface area contributed by atoms with Gasteiger partial charge in [-0.1, -0.05) is 26.0 Å². The van der Waals surface area contributed by atoms with Crippen LogP contribution in [0.25, 0.3) is 0 Å². The van der Waals surface area contributed by atoms with Gasteiger partial charge in [0.15, 0.2) is 0 Å². The molecular formula is C14H21NO. The summed E-state index contributed by atoms with van der Waals surface area (Å²) in [7, 11) is 0. The molecule has 88 valence electrons. The molecule has 2 N–H and O–H groups in total. The average molecular weight is 219 g/mol. The molecule has 1 saturated heterocycles. The molecule has 0 radical (unpaired) electrons. The minimum absolute atomic E-state index is 0.280. The molecule has 1 aliphatic heterocycles. The van der Waals surface area contributed by atoms with E-state index in [2.05, 4.69) is 25.2 Å². The van der Waals surface area contributed by atoms with Crippen molar-refractivity contribution in [1.29, 1.82) is 0 Å². The molecule has 1 aromatic rings. The number of rotatable bonds is 4. The minimum atomic E-state index is 0.280. The van der Waals surface area contributed by atoms with Crippen molar-refractivity contribution in [2.45, 2.75) is 38.6 Å². The topological polar surface area (TPSA) is 32.3 Å². The number of phenols is 1. The van der Waals surface area contributed by atoms with Gasteiger partial charge in [0.25, 0.3) is 0 Å². The van der Waals surface area contributed by atoms with Crippen molar-refractivity contribution in [2.75, 3.05) is 6.54 Å². The van der Waals surface area contributed by atoms with Crippen molar-refractivity contribution in [2.24, 2.45) is 5.92 Å². The van der Waals surface area contributed by atoms with Gasteiger partial charge in [0.2, 0.25) is 0 Å². The normalized spacial score (nSPS) is 24.4. The van der Waals surface area contributed by atoms with Crippen LogP contribution in [0, 0.1) is 5.92 Å². The van der Waals surface area contributed by atoms with Crippen LogP contribution in [0.2, 0.25) is 0 Å². The number of nitrogens with one attached hydrogen (secondary N) is 1. The molecule has 2 nitrogen and oxygen atoms in total. The Kier molecular flexibility index (Phi) is 3.20. The lowest BCUT2D eigenvalue weighted by molar-refractivity contribution is 0.168. The van der Waals surface area contributed by atoms with Crippen molar-refractivity contribution in [3.63, 3.8) is 0 Å². The van der Waals surface area contributed by atoms with Crippen LogP contribution >= 0.6 is 0 Å². The van der Waals surface area contributed by atoms with Gasteiger partial charge in [0, 0.05) is 5.54 Å². The maximum atomic E-state index is 9.46. The summed E-state index contributed by atoms with van der Waals surface area (Å²) in [6, 6.07) is 7.63. The summed E-state index contributed by atoms with van der Waals surface area (Å²) in [6.45, 7) is 5.67. The standard InChI is InChI=1S/C14H21NO/c1-11(2)9-14(6-7-15-14)10-12-4-3-5-13(16)8-12/h3-5,8,11,15-16H,6-7,9-10H2,1-2H3. The van der Waals surface area contributed by atoms with E-state index in [9.17, 15) is 5.11 Å². The molecule has 0 spiro atoms. The second kappa shape index (κ2) is 4.46. The van der Waals surface area contributed by atoms with Crippen LogP contribution in [-0.4, -0.2) is 17.2 Å². The molecule has 1 atom stereocenters. The van der Waals surface area contributed by atoms with E-state index in [0.29, 0.717) is 11.7 Å². The molecule has 1 aromatic carbocycles. The Morgan fingerprint density at radius 2 is 2.19 bits per heavy atom. The van der Waals surface area contributed by atoms with E-state index in [0.717, 1.165) is 13.0 Å². The van der Waals surface area contributed by atoms with Crippen molar-refractivity contribution < 1.29 is 5.11 Å². The van der Waals surface area contributed by atoms with Gasteiger partial charge in [-0.3, -0.25) is 0 Å². The van der Waals surface area contributed by atoms with Crippen molar-refractivity contribution in [3.8, 4) is 5.75 Å². The number of aromatic hydroxyl groups is 1. The van der Waals surface area contributed by atoms with Crippen LogP contribution in [0.4, 0.5) is 0 Å². The Balaban J connectivity index is 2.06. The second-order valence-electron chi connectivity index (χ2n) is 5.40. The highest BCUT2D eigenvalue weighted by Gasteiger charge is 2.36. The highest BCUT2D eigenvalue weighted by Crippen LogP contribution is 2.31. The molecule has 0 amide bonds. The lowest BCUT2D eigenvalue weighted by Crippen LogP contribution is -2.59. The quantitative estimate of drug-likeness (QED) is 0.816. The lowest BCUT2D eigenvalue weighted by Gasteiger charge is -2.45. The Hall–Kier alpha value is -1.02. The molecule has 1 heterocycles. The number of benzene rings is 1. The maximum absolute atomic E-state index is 9.46. The van der Waals surface area contributed by atoms with Crippen molar-refractivity contribution >= 4 is 0 Å². The zero-order valence-electron chi connectivity index (χ0n) is 10.2. The zero-order valence-corrected chi connectivity index (χ0v) is 10.2. The molecule has 2 rings (SSSR count). The molecular weight excluding hydrogens is 198 g/mol. The first-order valence-electron chi connectivity index (χ1n) is 6.13. The van der Waals surface area contributed by atoms with Gasteiger partial charge in [0.05, 0.1) is 0 Å². The van der Waals surface area contributed by atoms with E-state index in [1.54, 1.807) is 6.07 Å². The fourth-order valence-corrected chi connectivity index (χ4v) is 2.71. The third-order valence-electron chi connectivity index (χ3n) is 3.36. The maximum Gasteiger partial charge on any atom is 0.115 e. The van der Waals surface area contributed by atoms with Gasteiger partial charge in [0.1, 0.15) is 5.75 Å². The number of hydrogen-bond donors (Lipinski definition) is 2. The largest absolute Gasteiger partial charge is 0.508 e. The van der Waals surface area contributed by atoms with Gasteiger partial charge in [-0.15, -0.1) is 0 Å². The predicted molar refractivity (Wildman–Crippen MR) is 66.6 cm³/mol. The third-order valence-corrected chi connectivity index (χ3v) is 3.36. The number of hydrogen-bond acceptors (Lipinski definition) is 2. The summed E-state index contributed by atoms with van der Waals surface area (Å²) >= 11 is 0. The molecule has 1 fully saturated rings. The molecule has 16 heavy (non-hydrogen) atoms. The fourth-order valence-electron chi connectivity index (χ4n) is 2.71. The summed E-state index contributed by atoms with van der Waals surface area (Å²) in [5.41, 5.74) is 1.51. The molecule has 0 saturated carbocycles. The predicted octanol–water partition coefficient (Wildman–Crippen LogP) is 2.71. The molecule has 1 unspecified atom stereocenters. The Morgan fingerprint density at radius 1 is 1.44 bits per heavy atom. The molecule has 0 aromatic heterocycles. The smallest absolute Gasteiger partial charge is 0.115 e. The summed E-state index contributed by atoms with van der Waals surface area (Å²) in [4.78, 5) is 0. The van der Waals surface area contributed by atoms with Crippen molar-refractivity contribution in [1.82, 2.24) is 5.32 Å². The van der Waals surface area contributed by atoms with Gasteiger partial charge < -0.3 is 10.4 Å². The highest BCUT2D eigenvalue weighted by molar-refractivity contribution is 5.29. The second-order valence-corrected chi connectivity index (χ2v) is 5.40. The SMILES string of the molecule is CC(C)CC1(Cc2cccc(O)c2)CCN1. The van der Waals surface area contributed by atoms with E-state index in [4.69, 9.17) is 0 Å². The van der Waals surface area contributed by atoms with E-state index < -0.39 is 0 Å². The number of phenolic OH excluding ortho intramolecular Hbond substituents is 1. The third kappa shape index (κ3) is 2.56. The molecule has 2 heteroatoms. The van der Waals surface area contributed by atoms with Gasteiger partial charge in [-0.05, 0) is 49.4 Å². The van der Waals surface area contributed by atoms with Crippen LogP contribution < -0.4 is 5.32 Å². The molecule has 0 bridgehead atoms. The Bertz CT molecular complexity index is 356. The average Bonchev–Trinajstić information content (AvgIpc) is 2.13. The Labute approximate surface area is 97.7 Å². The van der Waals surface area contributed by atoms with Crippen LogP contribution in [0.5, 0.6) is 5.75 Å². The van der Waals surface area contributed by atoms with Crippen molar-refractivity contribution in [3.05, 3.63) is 29.8 Å². The first-order chi connectivity index (χ1) is 7.60. The Morgan fingerprint density at radius 3 is 2.69 bits per heavy atom. The van der Waals surface area contributed by atoms with Crippen LogP contribution in [-0.2, 0) is 6.42 Å². The van der Waals surface area contributed by atoms with E-state index in [-0.39, 0.29) is 5.54 Å². The van der Waals surface area contributed by atoms with E-state index in [1.807, 2.05) is 12.1 Å². The minimum Gasteiger partial charge on any atom is -0.508 e. The van der Waals surface area contributed by atoms with E-state index >= 15 is 0 Å².